The van der Waals surface area contributed by atoms with Gasteiger partial charge in [-0.2, -0.15) is 0 Å². The van der Waals surface area contributed by atoms with Crippen molar-refractivity contribution >= 4 is 40.5 Å². The number of carbonyl (C=O) groups excluding carboxylic acids is 2. The summed E-state index contributed by atoms with van der Waals surface area (Å²) in [6, 6.07) is 16.4. The molecule has 0 spiro atoms. The maximum atomic E-state index is 13.5. The van der Waals surface area contributed by atoms with E-state index in [9.17, 15) is 19.5 Å². The van der Waals surface area contributed by atoms with Crippen molar-refractivity contribution in [1.29, 1.82) is 0 Å². The molecule has 9 nitrogen and oxygen atoms in total. The number of nitrogens with one attached hydrogen (secondary N) is 1. The number of fused-ring (bicyclic) bond motifs is 2. The molecule has 9 heteroatoms. The average molecular weight is 649 g/mol. The van der Waals surface area contributed by atoms with E-state index in [1.165, 1.54) is 7.11 Å². The Labute approximate surface area is 281 Å². The topological polar surface area (TPSA) is 121 Å². The van der Waals surface area contributed by atoms with Crippen LogP contribution in [0, 0.1) is 29.6 Å². The molecule has 2 saturated carbocycles. The van der Waals surface area contributed by atoms with Gasteiger partial charge in [0.15, 0.2) is 0 Å². The molecule has 3 fully saturated rings. The van der Waals surface area contributed by atoms with Gasteiger partial charge in [0, 0.05) is 49.1 Å². The molecule has 250 valence electrons. The summed E-state index contributed by atoms with van der Waals surface area (Å²) in [5, 5.41) is 12.6. The smallest absolute Gasteiger partial charge is 0.407 e. The van der Waals surface area contributed by atoms with E-state index in [1.54, 1.807) is 0 Å². The summed E-state index contributed by atoms with van der Waals surface area (Å²) < 4.78 is 4.76. The number of benzene rings is 2. The molecule has 5 aliphatic rings. The standard InChI is InChI=1S/C39H44N4O5/c1-22(2)36(42-39(47)48-3)37(44)43-16-4-5-33(43)31-18-29(20-40-31)25-10-6-23(7-11-25)24-8-12-26(13-9-24)30-19-32(41-21-30)34-27-14-15-28(17-27)35(34)38(45)46/h6-13,20-22,27-28,33-36H,4-5,14-19H2,1-3H3,(H,42,47)(H,45,46)/t27?,28?,33-,34+,35-,36-/m0/s1. The lowest BCUT2D eigenvalue weighted by Gasteiger charge is -2.31. The summed E-state index contributed by atoms with van der Waals surface area (Å²) in [4.78, 5) is 48.9. The second kappa shape index (κ2) is 13.2. The van der Waals surface area contributed by atoms with Crippen molar-refractivity contribution in [2.45, 2.75) is 70.9 Å². The van der Waals surface area contributed by atoms with Crippen LogP contribution in [0.25, 0.3) is 22.3 Å². The highest BCUT2D eigenvalue weighted by Gasteiger charge is 2.53. The van der Waals surface area contributed by atoms with Gasteiger partial charge >= 0.3 is 12.1 Å². The summed E-state index contributed by atoms with van der Waals surface area (Å²) in [5.41, 5.74) is 8.82. The number of alkyl carbamates (subject to hydrolysis) is 1. The van der Waals surface area contributed by atoms with Crippen molar-refractivity contribution in [3.05, 3.63) is 72.1 Å². The summed E-state index contributed by atoms with van der Waals surface area (Å²) in [7, 11) is 1.30. The Hall–Kier alpha value is -4.53. The molecule has 2 unspecified atom stereocenters. The number of rotatable bonds is 9. The maximum absolute atomic E-state index is 13.5. The molecule has 2 N–H and O–H groups in total. The Bertz CT molecular complexity index is 1720. The number of carboxylic acids is 1. The lowest BCUT2D eigenvalue weighted by Crippen LogP contribution is -2.53. The van der Waals surface area contributed by atoms with Crippen LogP contribution in [0.4, 0.5) is 4.79 Å². The molecule has 7 rings (SSSR count). The zero-order chi connectivity index (χ0) is 33.5. The van der Waals surface area contributed by atoms with Gasteiger partial charge in [0.05, 0.1) is 19.1 Å². The predicted octanol–water partition coefficient (Wildman–Crippen LogP) is 6.84. The molecule has 48 heavy (non-hydrogen) atoms. The van der Waals surface area contributed by atoms with Gasteiger partial charge in [0.25, 0.3) is 0 Å². The number of methoxy groups -OCH3 is 1. The van der Waals surface area contributed by atoms with Crippen molar-refractivity contribution in [2.24, 2.45) is 39.6 Å². The average Bonchev–Trinajstić information content (AvgIpc) is 3.94. The van der Waals surface area contributed by atoms with E-state index in [0.29, 0.717) is 24.8 Å². The third-order valence-electron chi connectivity index (χ3n) is 11.3. The largest absolute Gasteiger partial charge is 0.481 e. The van der Waals surface area contributed by atoms with E-state index in [1.807, 2.05) is 31.1 Å². The second-order valence-electron chi connectivity index (χ2n) is 14.3. The number of likely N-dealkylation sites (tertiary alicyclic amines) is 1. The highest BCUT2D eigenvalue weighted by atomic mass is 16.5. The summed E-state index contributed by atoms with van der Waals surface area (Å²) in [6.07, 6.45) is 9.66. The van der Waals surface area contributed by atoms with Crippen molar-refractivity contribution in [2.75, 3.05) is 13.7 Å². The van der Waals surface area contributed by atoms with Gasteiger partial charge in [-0.25, -0.2) is 4.79 Å². The molecule has 0 radical (unpaired) electrons. The minimum Gasteiger partial charge on any atom is -0.481 e. The van der Waals surface area contributed by atoms with Crippen LogP contribution in [0.5, 0.6) is 0 Å². The number of hydrogen-bond donors (Lipinski definition) is 2. The van der Waals surface area contributed by atoms with Crippen LogP contribution < -0.4 is 5.32 Å². The third-order valence-corrected chi connectivity index (χ3v) is 11.3. The van der Waals surface area contributed by atoms with Gasteiger partial charge in [0.2, 0.25) is 5.91 Å². The molecule has 3 aliphatic heterocycles. The minimum atomic E-state index is -0.658. The van der Waals surface area contributed by atoms with Gasteiger partial charge in [-0.15, -0.1) is 0 Å². The molecule has 6 atom stereocenters. The number of carbonyl (C=O) groups is 3. The van der Waals surface area contributed by atoms with Gasteiger partial charge in [-0.1, -0.05) is 62.4 Å². The van der Waals surface area contributed by atoms with E-state index in [0.717, 1.165) is 83.3 Å². The predicted molar refractivity (Wildman–Crippen MR) is 186 cm³/mol. The van der Waals surface area contributed by atoms with Gasteiger partial charge in [0.1, 0.15) is 6.04 Å². The first-order chi connectivity index (χ1) is 23.2. The SMILES string of the molecule is COC(=O)N[C@H](C(=O)N1CCC[C@H]1C1=NC=C(c2ccc(-c3ccc(C4=CN=C([C@H]5C6CCC(C6)[C@@H]5C(=O)O)C4)cc3)cc2)C1)C(C)C. The summed E-state index contributed by atoms with van der Waals surface area (Å²) in [6.45, 7) is 4.49. The lowest BCUT2D eigenvalue weighted by atomic mass is 9.75. The Morgan fingerprint density at radius 2 is 1.40 bits per heavy atom. The molecule has 2 bridgehead atoms. The molecule has 1 saturated heterocycles. The lowest BCUT2D eigenvalue weighted by molar-refractivity contribution is -0.144. The zero-order valence-corrected chi connectivity index (χ0v) is 27.9. The Morgan fingerprint density at radius 3 is 1.98 bits per heavy atom. The summed E-state index contributed by atoms with van der Waals surface area (Å²) >= 11 is 0. The maximum Gasteiger partial charge on any atom is 0.407 e. The van der Waals surface area contributed by atoms with E-state index in [-0.39, 0.29) is 29.7 Å². The van der Waals surface area contributed by atoms with Crippen LogP contribution in [0.2, 0.25) is 0 Å². The van der Waals surface area contributed by atoms with Gasteiger partial charge < -0.3 is 20.1 Å². The number of aliphatic imine (C=N–C) groups is 2. The molecular weight excluding hydrogens is 604 g/mol. The van der Waals surface area contributed by atoms with Crippen LogP contribution in [0.1, 0.15) is 69.9 Å². The zero-order valence-electron chi connectivity index (χ0n) is 27.9. The highest BCUT2D eigenvalue weighted by molar-refractivity contribution is 6.04. The fourth-order valence-corrected chi connectivity index (χ4v) is 8.79. The number of ether oxygens (including phenoxy) is 1. The molecule has 2 aromatic carbocycles. The number of amides is 2. The number of carboxylic acid groups (broad SMARTS) is 1. The number of nitrogens with zero attached hydrogens (tertiary/aromatic N) is 3. The molecule has 2 aliphatic carbocycles. The van der Waals surface area contributed by atoms with Crippen LogP contribution in [0.3, 0.4) is 0 Å². The third kappa shape index (κ3) is 5.99. The van der Waals surface area contributed by atoms with E-state index >= 15 is 0 Å². The quantitative estimate of drug-likeness (QED) is 0.308. The molecule has 0 aromatic heterocycles. The number of hydrogen-bond acceptors (Lipinski definition) is 6. The van der Waals surface area contributed by atoms with Crippen LogP contribution >= 0.6 is 0 Å². The van der Waals surface area contributed by atoms with Crippen LogP contribution in [0.15, 0.2) is 70.9 Å². The number of allylic oxidation sites excluding steroid dienone is 2. The monoisotopic (exact) mass is 648 g/mol. The van der Waals surface area contributed by atoms with E-state index in [2.05, 4.69) is 53.8 Å². The molecular formula is C39H44N4O5. The Kier molecular flexibility index (Phi) is 8.79. The van der Waals surface area contributed by atoms with E-state index < -0.39 is 18.1 Å². The first kappa shape index (κ1) is 32.0. The fraction of sp³-hybridized carbons (Fsp3) is 0.462. The fourth-order valence-electron chi connectivity index (χ4n) is 8.79. The molecule has 2 aromatic rings. The first-order valence-electron chi connectivity index (χ1n) is 17.3. The molecule has 3 heterocycles. The Morgan fingerprint density at radius 1 is 0.833 bits per heavy atom. The second-order valence-corrected chi connectivity index (χ2v) is 14.3. The van der Waals surface area contributed by atoms with Crippen LogP contribution in [-0.2, 0) is 14.3 Å². The van der Waals surface area contributed by atoms with E-state index in [4.69, 9.17) is 14.7 Å². The van der Waals surface area contributed by atoms with Crippen LogP contribution in [-0.4, -0.2) is 65.1 Å². The highest BCUT2D eigenvalue weighted by Crippen LogP contribution is 2.54. The van der Waals surface area contributed by atoms with Crippen molar-refractivity contribution in [3.63, 3.8) is 0 Å². The normalized spacial score (nSPS) is 26.7. The van der Waals surface area contributed by atoms with Gasteiger partial charge in [-0.3, -0.25) is 19.6 Å². The van der Waals surface area contributed by atoms with Crippen molar-refractivity contribution in [3.8, 4) is 11.1 Å². The number of aliphatic carboxylic acids is 1. The first-order valence-corrected chi connectivity index (χ1v) is 17.3. The molecule has 2 amide bonds. The minimum absolute atomic E-state index is 0.0707. The van der Waals surface area contributed by atoms with Crippen molar-refractivity contribution < 1.29 is 24.2 Å². The Balaban J connectivity index is 0.958. The van der Waals surface area contributed by atoms with Crippen molar-refractivity contribution in [1.82, 2.24) is 10.2 Å². The van der Waals surface area contributed by atoms with Gasteiger partial charge in [-0.05, 0) is 83.3 Å². The summed E-state index contributed by atoms with van der Waals surface area (Å²) in [5.74, 6) is -0.242.